The molecule has 1 rings (SSSR count). The maximum absolute atomic E-state index is 2.29. The number of nitrogens with zero attached hydrogens (tertiary/aromatic N) is 2. The van der Waals surface area contributed by atoms with Crippen molar-refractivity contribution in [3.05, 3.63) is 12.4 Å². The summed E-state index contributed by atoms with van der Waals surface area (Å²) in [6, 6.07) is 0. The molecule has 0 radical (unpaired) electrons. The lowest BCUT2D eigenvalue weighted by Gasteiger charge is -2.25. The van der Waals surface area contributed by atoms with Crippen LogP contribution in [0, 0.1) is 0 Å². The Hall–Kier alpha value is -0.700. The monoisotopic (exact) mass is 144 g/mol. The van der Waals surface area contributed by atoms with E-state index in [1.807, 2.05) is 0 Å². The largest absolute Gasteiger partial charge is 0.412 e. The van der Waals surface area contributed by atoms with Crippen molar-refractivity contribution in [1.29, 1.82) is 0 Å². The van der Waals surface area contributed by atoms with Crippen LogP contribution < -0.4 is 0 Å². The molecule has 0 aromatic rings. The van der Waals surface area contributed by atoms with Gasteiger partial charge in [-0.15, -0.1) is 0 Å². The van der Waals surface area contributed by atoms with Crippen molar-refractivity contribution in [2.45, 2.75) is 20.0 Å². The summed E-state index contributed by atoms with van der Waals surface area (Å²) in [5.41, 5.74) is 0. The minimum atomic E-state index is 0. The van der Waals surface area contributed by atoms with Crippen molar-refractivity contribution in [2.75, 3.05) is 13.6 Å². The zero-order chi connectivity index (χ0) is 6.85. The van der Waals surface area contributed by atoms with Gasteiger partial charge < -0.3 is 15.3 Å². The highest BCUT2D eigenvalue weighted by molar-refractivity contribution is 4.92. The standard InChI is InChI=1S/C7H14N2.H2O/c1-4-9-6-5-8(3)7(9)2;/h5-7H,4H2,1-3H3;1H2. The van der Waals surface area contributed by atoms with Gasteiger partial charge in [0.1, 0.15) is 0 Å². The average Bonchev–Trinajstić information content (AvgIpc) is 2.15. The molecule has 0 bridgehead atoms. The molecule has 1 unspecified atom stereocenters. The summed E-state index contributed by atoms with van der Waals surface area (Å²) in [7, 11) is 2.09. The quantitative estimate of drug-likeness (QED) is 0.529. The summed E-state index contributed by atoms with van der Waals surface area (Å²) < 4.78 is 0. The average molecular weight is 144 g/mol. The van der Waals surface area contributed by atoms with Gasteiger partial charge in [-0.3, -0.25) is 0 Å². The SMILES string of the molecule is CCN1C=CN(C)C1C.O. The molecule has 3 nitrogen and oxygen atoms in total. The Morgan fingerprint density at radius 1 is 1.40 bits per heavy atom. The van der Waals surface area contributed by atoms with E-state index in [1.54, 1.807) is 0 Å². The van der Waals surface area contributed by atoms with Gasteiger partial charge >= 0.3 is 0 Å². The zero-order valence-corrected chi connectivity index (χ0v) is 6.83. The molecular weight excluding hydrogens is 128 g/mol. The van der Waals surface area contributed by atoms with Crippen molar-refractivity contribution in [2.24, 2.45) is 0 Å². The van der Waals surface area contributed by atoms with E-state index in [4.69, 9.17) is 0 Å². The number of rotatable bonds is 1. The minimum Gasteiger partial charge on any atom is -0.412 e. The molecule has 1 atom stereocenters. The molecule has 1 aliphatic heterocycles. The van der Waals surface area contributed by atoms with Crippen molar-refractivity contribution in [3.8, 4) is 0 Å². The van der Waals surface area contributed by atoms with Gasteiger partial charge in [0.15, 0.2) is 0 Å². The summed E-state index contributed by atoms with van der Waals surface area (Å²) >= 11 is 0. The Balaban J connectivity index is 0.000000810. The molecule has 3 heteroatoms. The van der Waals surface area contributed by atoms with Crippen molar-refractivity contribution in [3.63, 3.8) is 0 Å². The molecule has 0 saturated carbocycles. The van der Waals surface area contributed by atoms with E-state index >= 15 is 0 Å². The Bertz CT molecular complexity index is 125. The lowest BCUT2D eigenvalue weighted by Crippen LogP contribution is -2.33. The second-order valence-electron chi connectivity index (χ2n) is 2.43. The molecule has 2 N–H and O–H groups in total. The van der Waals surface area contributed by atoms with E-state index < -0.39 is 0 Å². The highest BCUT2D eigenvalue weighted by Gasteiger charge is 2.15. The van der Waals surface area contributed by atoms with Crippen LogP contribution in [-0.2, 0) is 0 Å². The van der Waals surface area contributed by atoms with Gasteiger partial charge in [-0.25, -0.2) is 0 Å². The van der Waals surface area contributed by atoms with Crippen LogP contribution in [0.3, 0.4) is 0 Å². The predicted molar refractivity (Wildman–Crippen MR) is 42.4 cm³/mol. The molecule has 0 amide bonds. The maximum Gasteiger partial charge on any atom is 0.0974 e. The van der Waals surface area contributed by atoms with Crippen LogP contribution in [0.5, 0.6) is 0 Å². The van der Waals surface area contributed by atoms with Gasteiger partial charge in [0, 0.05) is 26.0 Å². The molecule has 60 valence electrons. The summed E-state index contributed by atoms with van der Waals surface area (Å²) in [5, 5.41) is 0. The summed E-state index contributed by atoms with van der Waals surface area (Å²) in [5.74, 6) is 0. The molecule has 1 aliphatic rings. The molecule has 0 fully saturated rings. The van der Waals surface area contributed by atoms with E-state index in [0.29, 0.717) is 6.17 Å². The highest BCUT2D eigenvalue weighted by atomic mass is 16.0. The van der Waals surface area contributed by atoms with E-state index in [1.165, 1.54) is 0 Å². The molecule has 0 aromatic carbocycles. The lowest BCUT2D eigenvalue weighted by atomic mass is 10.5. The first-order chi connectivity index (χ1) is 4.25. The van der Waals surface area contributed by atoms with Gasteiger partial charge in [0.05, 0.1) is 6.17 Å². The minimum absolute atomic E-state index is 0. The van der Waals surface area contributed by atoms with Crippen LogP contribution in [0.1, 0.15) is 13.8 Å². The molecule has 0 saturated heterocycles. The van der Waals surface area contributed by atoms with Crippen molar-refractivity contribution >= 4 is 0 Å². The van der Waals surface area contributed by atoms with Gasteiger partial charge in [0.25, 0.3) is 0 Å². The van der Waals surface area contributed by atoms with E-state index in [-0.39, 0.29) is 5.48 Å². The summed E-state index contributed by atoms with van der Waals surface area (Å²) in [6.45, 7) is 5.46. The zero-order valence-electron chi connectivity index (χ0n) is 6.83. The predicted octanol–water partition coefficient (Wildman–Crippen LogP) is 0.246. The second kappa shape index (κ2) is 3.46. The second-order valence-corrected chi connectivity index (χ2v) is 2.43. The van der Waals surface area contributed by atoms with Crippen LogP contribution in [0.4, 0.5) is 0 Å². The number of hydrogen-bond donors (Lipinski definition) is 0. The normalized spacial score (nSPS) is 23.3. The molecule has 10 heavy (non-hydrogen) atoms. The fourth-order valence-electron chi connectivity index (χ4n) is 1.04. The summed E-state index contributed by atoms with van der Waals surface area (Å²) in [6.07, 6.45) is 4.79. The third-order valence-corrected chi connectivity index (χ3v) is 1.93. The van der Waals surface area contributed by atoms with Crippen LogP contribution >= 0.6 is 0 Å². The molecular formula is C7H16N2O. The van der Waals surface area contributed by atoms with Crippen LogP contribution in [-0.4, -0.2) is 35.0 Å². The van der Waals surface area contributed by atoms with Crippen LogP contribution in [0.25, 0.3) is 0 Å². The van der Waals surface area contributed by atoms with E-state index in [0.717, 1.165) is 6.54 Å². The third kappa shape index (κ3) is 1.42. The molecule has 0 aliphatic carbocycles. The van der Waals surface area contributed by atoms with Gasteiger partial charge in [-0.1, -0.05) is 0 Å². The van der Waals surface area contributed by atoms with Gasteiger partial charge in [-0.05, 0) is 13.8 Å². The fraction of sp³-hybridized carbons (Fsp3) is 0.714. The first-order valence-electron chi connectivity index (χ1n) is 3.41. The number of hydrogen-bond acceptors (Lipinski definition) is 2. The smallest absolute Gasteiger partial charge is 0.0974 e. The first kappa shape index (κ1) is 9.30. The maximum atomic E-state index is 2.29. The first-order valence-corrected chi connectivity index (χ1v) is 3.41. The van der Waals surface area contributed by atoms with Crippen LogP contribution in [0.15, 0.2) is 12.4 Å². The molecule has 0 spiro atoms. The van der Waals surface area contributed by atoms with Crippen molar-refractivity contribution in [1.82, 2.24) is 9.80 Å². The highest BCUT2D eigenvalue weighted by Crippen LogP contribution is 2.11. The van der Waals surface area contributed by atoms with Gasteiger partial charge in [0.2, 0.25) is 0 Å². The topological polar surface area (TPSA) is 38.0 Å². The Labute approximate surface area is 62.2 Å². The molecule has 0 aromatic heterocycles. The Kier molecular flexibility index (Phi) is 3.22. The summed E-state index contributed by atoms with van der Waals surface area (Å²) in [4.78, 5) is 4.49. The van der Waals surface area contributed by atoms with Gasteiger partial charge in [-0.2, -0.15) is 0 Å². The van der Waals surface area contributed by atoms with Crippen molar-refractivity contribution < 1.29 is 5.48 Å². The molecule has 1 heterocycles. The van der Waals surface area contributed by atoms with E-state index in [2.05, 4.69) is 43.1 Å². The lowest BCUT2D eigenvalue weighted by molar-refractivity contribution is 0.203. The van der Waals surface area contributed by atoms with E-state index in [9.17, 15) is 0 Å². The Morgan fingerprint density at radius 3 is 2.20 bits per heavy atom. The third-order valence-electron chi connectivity index (χ3n) is 1.93. The Morgan fingerprint density at radius 2 is 2.00 bits per heavy atom. The fourth-order valence-corrected chi connectivity index (χ4v) is 1.04. The van der Waals surface area contributed by atoms with Crippen LogP contribution in [0.2, 0.25) is 0 Å².